The zero-order valence-corrected chi connectivity index (χ0v) is 19.1. The van der Waals surface area contributed by atoms with Gasteiger partial charge in [-0.1, -0.05) is 31.9 Å². The number of aromatic amines is 1. The van der Waals surface area contributed by atoms with E-state index in [2.05, 4.69) is 30.6 Å². The summed E-state index contributed by atoms with van der Waals surface area (Å²) in [5.74, 6) is -1.10. The minimum atomic E-state index is -0.945. The molecule has 0 spiro atoms. The smallest absolute Gasteiger partial charge is 0.225 e. The molecule has 1 saturated carbocycles. The number of halogens is 2. The highest BCUT2D eigenvalue weighted by Gasteiger charge is 2.36. The third-order valence-electron chi connectivity index (χ3n) is 5.35. The van der Waals surface area contributed by atoms with Crippen LogP contribution in [0.3, 0.4) is 0 Å². The third kappa shape index (κ3) is 4.99. The molecule has 4 rings (SSSR count). The Hall–Kier alpha value is -2.78. The molecular weight excluding hydrogens is 435 g/mol. The number of hydrogen-bond acceptors (Lipinski definition) is 6. The van der Waals surface area contributed by atoms with Gasteiger partial charge < -0.3 is 20.7 Å². The van der Waals surface area contributed by atoms with Gasteiger partial charge in [0.05, 0.1) is 29.3 Å². The largest absolute Gasteiger partial charge is 0.390 e. The van der Waals surface area contributed by atoms with E-state index < -0.39 is 23.9 Å². The first-order valence-electron chi connectivity index (χ1n) is 10.9. The summed E-state index contributed by atoms with van der Waals surface area (Å²) < 4.78 is 14.5. The molecule has 0 saturated heterocycles. The van der Waals surface area contributed by atoms with Crippen molar-refractivity contribution in [2.24, 2.45) is 5.92 Å². The molecule has 0 aliphatic heterocycles. The van der Waals surface area contributed by atoms with Gasteiger partial charge in [0.25, 0.3) is 0 Å². The van der Waals surface area contributed by atoms with Crippen molar-refractivity contribution in [3.05, 3.63) is 35.5 Å². The highest BCUT2D eigenvalue weighted by Crippen LogP contribution is 2.30. The molecule has 3 atom stereocenters. The summed E-state index contributed by atoms with van der Waals surface area (Å²) in [5, 5.41) is 17.6. The van der Waals surface area contributed by atoms with E-state index in [0.717, 1.165) is 12.6 Å². The fraction of sp³-hybridized carbons (Fsp3) is 0.455. The number of hydrogen-bond donors (Lipinski definition) is 4. The summed E-state index contributed by atoms with van der Waals surface area (Å²) in [6.45, 7) is 6.32. The third-order valence-corrected chi connectivity index (χ3v) is 5.55. The zero-order valence-electron chi connectivity index (χ0n) is 18.3. The standard InChI is InChI=1S/C20H22ClFN6O2.C2H6/c1-2-23-20(30)11-4-3-5-15(16(11)29)27-19-14(22)9-26-18(28-19)13-8-25-17-12(13)6-10(21)7-24-17;1-2/h6-9,11,15-16,29H,2-5H2,1H3,(H,23,30)(H,24,25)(H,26,27,28);1-2H3. The maximum atomic E-state index is 14.5. The number of aromatic nitrogens is 4. The van der Waals surface area contributed by atoms with Gasteiger partial charge in [-0.2, -0.15) is 0 Å². The average molecular weight is 463 g/mol. The molecule has 32 heavy (non-hydrogen) atoms. The maximum Gasteiger partial charge on any atom is 0.225 e. The number of amides is 1. The van der Waals surface area contributed by atoms with Crippen LogP contribution in [-0.2, 0) is 4.79 Å². The SMILES string of the molecule is CC.CCNC(=O)C1CCCC(Nc2nc(-c3c[nH]c4ncc(Cl)cc34)ncc2F)C1O. The number of aliphatic hydroxyl groups excluding tert-OH is 1. The van der Waals surface area contributed by atoms with Crippen molar-refractivity contribution < 1.29 is 14.3 Å². The highest BCUT2D eigenvalue weighted by atomic mass is 35.5. The van der Waals surface area contributed by atoms with Crippen LogP contribution >= 0.6 is 11.6 Å². The number of anilines is 1. The normalized spacial score (nSPS) is 20.4. The molecule has 3 unspecified atom stereocenters. The lowest BCUT2D eigenvalue weighted by Crippen LogP contribution is -2.48. The lowest BCUT2D eigenvalue weighted by Gasteiger charge is -2.34. The molecule has 0 bridgehead atoms. The Bertz CT molecular complexity index is 1080. The lowest BCUT2D eigenvalue weighted by atomic mass is 9.82. The molecule has 3 heterocycles. The number of rotatable bonds is 5. The van der Waals surface area contributed by atoms with Crippen molar-refractivity contribution in [3.63, 3.8) is 0 Å². The van der Waals surface area contributed by atoms with Crippen molar-refractivity contribution in [2.45, 2.75) is 52.2 Å². The monoisotopic (exact) mass is 462 g/mol. The first kappa shape index (κ1) is 23.9. The van der Waals surface area contributed by atoms with Crippen LogP contribution in [0.25, 0.3) is 22.4 Å². The van der Waals surface area contributed by atoms with Crippen LogP contribution in [0.2, 0.25) is 5.02 Å². The lowest BCUT2D eigenvalue weighted by molar-refractivity contribution is -0.130. The molecule has 8 nitrogen and oxygen atoms in total. The van der Waals surface area contributed by atoms with Gasteiger partial charge in [-0.3, -0.25) is 4.79 Å². The first-order valence-corrected chi connectivity index (χ1v) is 11.2. The molecule has 0 radical (unpaired) electrons. The highest BCUT2D eigenvalue weighted by molar-refractivity contribution is 6.31. The Kier molecular flexibility index (Phi) is 7.98. The van der Waals surface area contributed by atoms with Crippen LogP contribution in [0.5, 0.6) is 0 Å². The molecule has 1 aliphatic carbocycles. The van der Waals surface area contributed by atoms with Gasteiger partial charge in [0.2, 0.25) is 5.91 Å². The van der Waals surface area contributed by atoms with Crippen LogP contribution < -0.4 is 10.6 Å². The minimum absolute atomic E-state index is 0.0232. The topological polar surface area (TPSA) is 116 Å². The van der Waals surface area contributed by atoms with Crippen LogP contribution in [0.15, 0.2) is 24.7 Å². The molecule has 0 aromatic carbocycles. The second kappa shape index (κ2) is 10.7. The molecule has 1 aliphatic rings. The van der Waals surface area contributed by atoms with E-state index in [1.54, 1.807) is 12.3 Å². The van der Waals surface area contributed by atoms with E-state index in [-0.39, 0.29) is 11.7 Å². The Balaban J connectivity index is 0.00000141. The number of fused-ring (bicyclic) bond motifs is 1. The van der Waals surface area contributed by atoms with Gasteiger partial charge >= 0.3 is 0 Å². The summed E-state index contributed by atoms with van der Waals surface area (Å²) in [6, 6.07) is 1.24. The zero-order chi connectivity index (χ0) is 23.3. The number of carbonyl (C=O) groups excluding carboxylic acids is 1. The average Bonchev–Trinajstić information content (AvgIpc) is 3.21. The molecule has 3 aromatic rings. The van der Waals surface area contributed by atoms with Crippen LogP contribution in [-0.4, -0.2) is 49.6 Å². The molecule has 1 amide bonds. The number of pyridine rings is 1. The van der Waals surface area contributed by atoms with E-state index in [1.807, 2.05) is 20.8 Å². The number of carbonyl (C=O) groups is 1. The van der Waals surface area contributed by atoms with E-state index in [0.29, 0.717) is 46.8 Å². The van der Waals surface area contributed by atoms with E-state index >= 15 is 0 Å². The minimum Gasteiger partial charge on any atom is -0.390 e. The molecular formula is C22H28ClFN6O2. The summed E-state index contributed by atoms with van der Waals surface area (Å²) in [4.78, 5) is 27.9. The van der Waals surface area contributed by atoms with Gasteiger partial charge in [0.1, 0.15) is 5.65 Å². The molecule has 10 heteroatoms. The number of nitrogens with one attached hydrogen (secondary N) is 3. The number of nitrogens with zero attached hydrogens (tertiary/aromatic N) is 3. The van der Waals surface area contributed by atoms with Gasteiger partial charge in [0.15, 0.2) is 17.5 Å². The summed E-state index contributed by atoms with van der Waals surface area (Å²) in [7, 11) is 0. The number of aliphatic hydroxyl groups is 1. The van der Waals surface area contributed by atoms with Crippen LogP contribution in [0.1, 0.15) is 40.0 Å². The van der Waals surface area contributed by atoms with Gasteiger partial charge in [0, 0.05) is 29.9 Å². The molecule has 172 valence electrons. The van der Waals surface area contributed by atoms with Crippen molar-refractivity contribution in [1.29, 1.82) is 0 Å². The van der Waals surface area contributed by atoms with Gasteiger partial charge in [-0.05, 0) is 25.8 Å². The van der Waals surface area contributed by atoms with Crippen molar-refractivity contribution >= 4 is 34.4 Å². The first-order chi connectivity index (χ1) is 15.5. The predicted molar refractivity (Wildman–Crippen MR) is 123 cm³/mol. The fourth-order valence-corrected chi connectivity index (χ4v) is 4.02. The fourth-order valence-electron chi connectivity index (χ4n) is 3.87. The Morgan fingerprint density at radius 2 is 2.09 bits per heavy atom. The summed E-state index contributed by atoms with van der Waals surface area (Å²) >= 11 is 6.05. The maximum absolute atomic E-state index is 14.5. The Labute approximate surface area is 191 Å². The van der Waals surface area contributed by atoms with Crippen molar-refractivity contribution in [2.75, 3.05) is 11.9 Å². The second-order valence-electron chi connectivity index (χ2n) is 7.32. The quantitative estimate of drug-likeness (QED) is 0.456. The van der Waals surface area contributed by atoms with E-state index in [4.69, 9.17) is 11.6 Å². The molecule has 1 fully saturated rings. The second-order valence-corrected chi connectivity index (χ2v) is 7.75. The van der Waals surface area contributed by atoms with Crippen LogP contribution in [0.4, 0.5) is 10.2 Å². The van der Waals surface area contributed by atoms with E-state index in [1.165, 1.54) is 6.20 Å². The summed E-state index contributed by atoms with van der Waals surface area (Å²) in [5.41, 5.74) is 1.25. The van der Waals surface area contributed by atoms with Gasteiger partial charge in [-0.25, -0.2) is 19.3 Å². The predicted octanol–water partition coefficient (Wildman–Crippen LogP) is 3.92. The van der Waals surface area contributed by atoms with Crippen molar-refractivity contribution in [3.8, 4) is 11.4 Å². The Morgan fingerprint density at radius 3 is 2.84 bits per heavy atom. The van der Waals surface area contributed by atoms with E-state index in [9.17, 15) is 14.3 Å². The molecule has 3 aromatic heterocycles. The molecule has 4 N–H and O–H groups in total. The Morgan fingerprint density at radius 1 is 1.31 bits per heavy atom. The van der Waals surface area contributed by atoms with Gasteiger partial charge in [-0.15, -0.1) is 0 Å². The van der Waals surface area contributed by atoms with Crippen LogP contribution in [0, 0.1) is 11.7 Å². The van der Waals surface area contributed by atoms with Crippen molar-refractivity contribution in [1.82, 2.24) is 25.3 Å². The number of H-pyrrole nitrogens is 1. The summed E-state index contributed by atoms with van der Waals surface area (Å²) in [6.07, 6.45) is 5.28.